The fourth-order valence-corrected chi connectivity index (χ4v) is 4.64. The van der Waals surface area contributed by atoms with Gasteiger partial charge >= 0.3 is 0 Å². The molecule has 0 aliphatic heterocycles. The molecular formula is C21H40O. The Balaban J connectivity index is 1.52. The average Bonchev–Trinajstić information content (AvgIpc) is 2.56. The van der Waals surface area contributed by atoms with E-state index in [0.29, 0.717) is 6.10 Å². The van der Waals surface area contributed by atoms with E-state index in [4.69, 9.17) is 4.74 Å². The molecule has 0 spiro atoms. The lowest BCUT2D eigenvalue weighted by Gasteiger charge is -2.32. The van der Waals surface area contributed by atoms with Crippen molar-refractivity contribution in [2.24, 2.45) is 17.8 Å². The molecule has 0 bridgehead atoms. The maximum Gasteiger partial charge on any atom is 0.0575 e. The summed E-state index contributed by atoms with van der Waals surface area (Å²) in [5.41, 5.74) is 0. The number of hydrogen-bond acceptors (Lipinski definition) is 1. The molecule has 2 aliphatic carbocycles. The van der Waals surface area contributed by atoms with Gasteiger partial charge in [-0.1, -0.05) is 65.2 Å². The lowest BCUT2D eigenvalue weighted by molar-refractivity contribution is -0.0103. The standard InChI is InChI=1S/C21H40O/c1-3-5-6-8-19-9-11-20(12-10-19)17-22-21-15-13-18(7-4-2)14-16-21/h18-21H,3-17H2,1-2H3/t18?,19-,20-,21?. The molecule has 2 saturated carbocycles. The maximum atomic E-state index is 6.28. The highest BCUT2D eigenvalue weighted by molar-refractivity contribution is 4.75. The van der Waals surface area contributed by atoms with Crippen LogP contribution in [0.4, 0.5) is 0 Å². The van der Waals surface area contributed by atoms with Crippen molar-refractivity contribution in [3.63, 3.8) is 0 Å². The summed E-state index contributed by atoms with van der Waals surface area (Å²) in [5.74, 6) is 2.91. The van der Waals surface area contributed by atoms with Gasteiger partial charge in [0.15, 0.2) is 0 Å². The van der Waals surface area contributed by atoms with Gasteiger partial charge in [0.2, 0.25) is 0 Å². The van der Waals surface area contributed by atoms with Crippen molar-refractivity contribution >= 4 is 0 Å². The number of hydrogen-bond donors (Lipinski definition) is 0. The summed E-state index contributed by atoms with van der Waals surface area (Å²) >= 11 is 0. The number of rotatable bonds is 9. The molecule has 0 amide bonds. The molecule has 0 aromatic heterocycles. The average molecular weight is 309 g/mol. The zero-order chi connectivity index (χ0) is 15.6. The van der Waals surface area contributed by atoms with Gasteiger partial charge in [-0.25, -0.2) is 0 Å². The summed E-state index contributed by atoms with van der Waals surface area (Å²) in [6.45, 7) is 5.69. The molecule has 22 heavy (non-hydrogen) atoms. The summed E-state index contributed by atoms with van der Waals surface area (Å²) in [4.78, 5) is 0. The van der Waals surface area contributed by atoms with Gasteiger partial charge in [0.25, 0.3) is 0 Å². The fourth-order valence-electron chi connectivity index (χ4n) is 4.64. The lowest BCUT2D eigenvalue weighted by Crippen LogP contribution is -2.26. The van der Waals surface area contributed by atoms with Crippen LogP contribution in [-0.2, 0) is 4.74 Å². The molecule has 0 aromatic rings. The van der Waals surface area contributed by atoms with Gasteiger partial charge in [0.05, 0.1) is 6.10 Å². The molecule has 0 saturated heterocycles. The molecule has 0 unspecified atom stereocenters. The van der Waals surface area contributed by atoms with E-state index in [2.05, 4.69) is 13.8 Å². The van der Waals surface area contributed by atoms with Crippen LogP contribution in [0.2, 0.25) is 0 Å². The Labute approximate surface area is 139 Å². The highest BCUT2D eigenvalue weighted by atomic mass is 16.5. The third kappa shape index (κ3) is 6.60. The zero-order valence-corrected chi connectivity index (χ0v) is 15.3. The number of unbranched alkanes of at least 4 members (excludes halogenated alkanes) is 2. The monoisotopic (exact) mass is 308 g/mol. The quantitative estimate of drug-likeness (QED) is 0.428. The Bertz CT molecular complexity index is 259. The first-order valence-electron chi connectivity index (χ1n) is 10.4. The van der Waals surface area contributed by atoms with Crippen LogP contribution in [0.3, 0.4) is 0 Å². The van der Waals surface area contributed by atoms with Crippen molar-refractivity contribution in [3.8, 4) is 0 Å². The SMILES string of the molecule is CCCCC[C@H]1CC[C@H](COC2CCC(CCC)CC2)CC1. The van der Waals surface area contributed by atoms with Crippen molar-refractivity contribution in [1.29, 1.82) is 0 Å². The minimum Gasteiger partial charge on any atom is -0.378 e. The molecule has 2 fully saturated rings. The molecule has 0 aromatic carbocycles. The highest BCUT2D eigenvalue weighted by Gasteiger charge is 2.24. The van der Waals surface area contributed by atoms with Gasteiger partial charge in [-0.05, 0) is 56.3 Å². The second-order valence-corrected chi connectivity index (χ2v) is 8.15. The molecule has 130 valence electrons. The predicted molar refractivity (Wildman–Crippen MR) is 96.2 cm³/mol. The van der Waals surface area contributed by atoms with E-state index in [0.717, 1.165) is 24.4 Å². The molecule has 0 atom stereocenters. The van der Waals surface area contributed by atoms with Crippen LogP contribution in [0.1, 0.15) is 104 Å². The largest absolute Gasteiger partial charge is 0.378 e. The van der Waals surface area contributed by atoms with Crippen LogP contribution in [0.5, 0.6) is 0 Å². The summed E-state index contributed by atoms with van der Waals surface area (Å²) in [6.07, 6.45) is 20.5. The van der Waals surface area contributed by atoms with Crippen molar-refractivity contribution in [3.05, 3.63) is 0 Å². The molecule has 2 rings (SSSR count). The van der Waals surface area contributed by atoms with Gasteiger partial charge < -0.3 is 4.74 Å². The minimum atomic E-state index is 0.593. The van der Waals surface area contributed by atoms with Crippen LogP contribution in [-0.4, -0.2) is 12.7 Å². The molecule has 1 heteroatoms. The van der Waals surface area contributed by atoms with E-state index in [1.54, 1.807) is 0 Å². The first kappa shape index (κ1) is 18.3. The van der Waals surface area contributed by atoms with E-state index in [-0.39, 0.29) is 0 Å². The summed E-state index contributed by atoms with van der Waals surface area (Å²) in [5, 5.41) is 0. The summed E-state index contributed by atoms with van der Waals surface area (Å²) in [7, 11) is 0. The predicted octanol–water partition coefficient (Wildman–Crippen LogP) is 6.75. The van der Waals surface area contributed by atoms with Gasteiger partial charge in [-0.3, -0.25) is 0 Å². The second kappa shape index (κ2) is 10.7. The van der Waals surface area contributed by atoms with E-state index >= 15 is 0 Å². The third-order valence-corrected chi connectivity index (χ3v) is 6.24. The normalized spacial score (nSPS) is 33.0. The van der Waals surface area contributed by atoms with Gasteiger partial charge in [0, 0.05) is 6.61 Å². The van der Waals surface area contributed by atoms with Crippen molar-refractivity contribution in [2.45, 2.75) is 110 Å². The Morgan fingerprint density at radius 3 is 1.86 bits per heavy atom. The Kier molecular flexibility index (Phi) is 8.89. The highest BCUT2D eigenvalue weighted by Crippen LogP contribution is 2.34. The zero-order valence-electron chi connectivity index (χ0n) is 15.3. The lowest BCUT2D eigenvalue weighted by atomic mass is 9.80. The van der Waals surface area contributed by atoms with Gasteiger partial charge in [0.1, 0.15) is 0 Å². The minimum absolute atomic E-state index is 0.593. The van der Waals surface area contributed by atoms with Crippen LogP contribution >= 0.6 is 0 Å². The summed E-state index contributed by atoms with van der Waals surface area (Å²) in [6, 6.07) is 0. The maximum absolute atomic E-state index is 6.28. The van der Waals surface area contributed by atoms with Gasteiger partial charge in [-0.15, -0.1) is 0 Å². The van der Waals surface area contributed by atoms with Crippen LogP contribution in [0.15, 0.2) is 0 Å². The van der Waals surface area contributed by atoms with E-state index in [1.165, 1.54) is 89.9 Å². The van der Waals surface area contributed by atoms with Gasteiger partial charge in [-0.2, -0.15) is 0 Å². The third-order valence-electron chi connectivity index (χ3n) is 6.24. The number of ether oxygens (including phenoxy) is 1. The van der Waals surface area contributed by atoms with E-state index in [1.807, 2.05) is 0 Å². The molecule has 2 aliphatic rings. The Hall–Kier alpha value is -0.0400. The first-order valence-corrected chi connectivity index (χ1v) is 10.4. The summed E-state index contributed by atoms with van der Waals surface area (Å²) < 4.78 is 6.28. The topological polar surface area (TPSA) is 9.23 Å². The van der Waals surface area contributed by atoms with Crippen LogP contribution in [0.25, 0.3) is 0 Å². The molecule has 1 nitrogen and oxygen atoms in total. The Morgan fingerprint density at radius 2 is 1.23 bits per heavy atom. The second-order valence-electron chi connectivity index (χ2n) is 8.15. The molecule has 0 N–H and O–H groups in total. The fraction of sp³-hybridized carbons (Fsp3) is 1.00. The van der Waals surface area contributed by atoms with Crippen LogP contribution in [0, 0.1) is 17.8 Å². The molecule has 0 radical (unpaired) electrons. The first-order chi connectivity index (χ1) is 10.8. The Morgan fingerprint density at radius 1 is 0.636 bits per heavy atom. The van der Waals surface area contributed by atoms with E-state index < -0.39 is 0 Å². The smallest absolute Gasteiger partial charge is 0.0575 e. The van der Waals surface area contributed by atoms with Crippen LogP contribution < -0.4 is 0 Å². The van der Waals surface area contributed by atoms with Crippen molar-refractivity contribution in [1.82, 2.24) is 0 Å². The molecular weight excluding hydrogens is 268 g/mol. The van der Waals surface area contributed by atoms with Crippen molar-refractivity contribution < 1.29 is 4.74 Å². The molecule has 0 heterocycles. The van der Waals surface area contributed by atoms with E-state index in [9.17, 15) is 0 Å². The van der Waals surface area contributed by atoms with Crippen molar-refractivity contribution in [2.75, 3.05) is 6.61 Å².